The summed E-state index contributed by atoms with van der Waals surface area (Å²) in [4.78, 5) is 1.79. The minimum atomic E-state index is -3.60. The molecule has 0 unspecified atom stereocenters. The van der Waals surface area contributed by atoms with Crippen molar-refractivity contribution in [3.63, 3.8) is 0 Å². The van der Waals surface area contributed by atoms with Crippen LogP contribution in [0, 0.1) is 11.3 Å². The first-order chi connectivity index (χ1) is 12.0. The van der Waals surface area contributed by atoms with Crippen molar-refractivity contribution in [2.24, 2.45) is 0 Å². The van der Waals surface area contributed by atoms with E-state index in [0.717, 1.165) is 16.0 Å². The van der Waals surface area contributed by atoms with Gasteiger partial charge in [0.15, 0.2) is 0 Å². The number of nitrogen functional groups attached to an aromatic ring is 1. The minimum absolute atomic E-state index is 0.176. The van der Waals surface area contributed by atoms with Gasteiger partial charge in [-0.05, 0) is 53.6 Å². The van der Waals surface area contributed by atoms with Crippen LogP contribution in [0.1, 0.15) is 10.4 Å². The largest absolute Gasteiger partial charge is 0.399 e. The summed E-state index contributed by atoms with van der Waals surface area (Å²) in [6.07, 6.45) is 0. The van der Waals surface area contributed by atoms with Crippen LogP contribution in [0.25, 0.3) is 10.4 Å². The molecule has 25 heavy (non-hydrogen) atoms. The smallest absolute Gasteiger partial charge is 0.240 e. The molecule has 1 aromatic heterocycles. The van der Waals surface area contributed by atoms with Gasteiger partial charge in [-0.1, -0.05) is 18.2 Å². The molecular weight excluding hydrogens is 354 g/mol. The number of nitrogens with one attached hydrogen (secondary N) is 1. The van der Waals surface area contributed by atoms with E-state index in [9.17, 15) is 8.42 Å². The Bertz CT molecular complexity index is 1030. The first-order valence-corrected chi connectivity index (χ1v) is 9.72. The number of nitrogens with two attached hydrogens (primary N) is 1. The van der Waals surface area contributed by atoms with Crippen LogP contribution < -0.4 is 10.5 Å². The van der Waals surface area contributed by atoms with Crippen LogP contribution in [-0.4, -0.2) is 8.42 Å². The van der Waals surface area contributed by atoms with Gasteiger partial charge in [-0.3, -0.25) is 0 Å². The topological polar surface area (TPSA) is 96.0 Å². The van der Waals surface area contributed by atoms with Gasteiger partial charge in [-0.2, -0.15) is 5.26 Å². The Morgan fingerprint density at radius 2 is 1.84 bits per heavy atom. The van der Waals surface area contributed by atoms with Gasteiger partial charge in [0.05, 0.1) is 4.90 Å². The predicted octanol–water partition coefficient (Wildman–Crippen LogP) is 3.35. The lowest BCUT2D eigenvalue weighted by atomic mass is 10.1. The number of sulfonamides is 1. The molecule has 3 rings (SSSR count). The van der Waals surface area contributed by atoms with E-state index in [1.165, 1.54) is 23.5 Å². The van der Waals surface area contributed by atoms with Crippen molar-refractivity contribution < 1.29 is 8.42 Å². The molecule has 0 aliphatic carbocycles. The molecule has 0 saturated heterocycles. The highest BCUT2D eigenvalue weighted by molar-refractivity contribution is 7.89. The van der Waals surface area contributed by atoms with Crippen LogP contribution in [0.4, 0.5) is 5.69 Å². The first-order valence-electron chi connectivity index (χ1n) is 7.42. The second-order valence-electron chi connectivity index (χ2n) is 5.37. The lowest BCUT2D eigenvalue weighted by molar-refractivity contribution is 0.581. The third-order valence-corrected chi connectivity index (χ3v) is 6.04. The molecule has 5 nitrogen and oxygen atoms in total. The Kier molecular flexibility index (Phi) is 4.86. The van der Waals surface area contributed by atoms with Crippen molar-refractivity contribution >= 4 is 27.0 Å². The number of anilines is 1. The van der Waals surface area contributed by atoms with Gasteiger partial charge in [0.1, 0.15) is 10.9 Å². The van der Waals surface area contributed by atoms with E-state index in [4.69, 9.17) is 11.0 Å². The highest BCUT2D eigenvalue weighted by Crippen LogP contribution is 2.28. The Labute approximate surface area is 150 Å². The zero-order valence-electron chi connectivity index (χ0n) is 13.1. The van der Waals surface area contributed by atoms with Gasteiger partial charge in [0, 0.05) is 17.1 Å². The quantitative estimate of drug-likeness (QED) is 0.674. The van der Waals surface area contributed by atoms with Crippen molar-refractivity contribution in [2.45, 2.75) is 11.4 Å². The SMILES string of the molecule is N#Cc1ccc(-c2cccc(CNS(=O)(=O)c3ccc(N)cc3)c2)s1. The average Bonchev–Trinajstić information content (AvgIpc) is 3.10. The van der Waals surface area contributed by atoms with Gasteiger partial charge >= 0.3 is 0 Å². The van der Waals surface area contributed by atoms with Crippen LogP contribution in [-0.2, 0) is 16.6 Å². The van der Waals surface area contributed by atoms with Crippen LogP contribution >= 0.6 is 11.3 Å². The lowest BCUT2D eigenvalue weighted by Crippen LogP contribution is -2.23. The fourth-order valence-corrected chi connectivity index (χ4v) is 4.11. The monoisotopic (exact) mass is 369 g/mol. The Balaban J connectivity index is 1.76. The molecule has 3 N–H and O–H groups in total. The normalized spacial score (nSPS) is 11.2. The van der Waals surface area contributed by atoms with Crippen molar-refractivity contribution in [3.05, 3.63) is 71.1 Å². The summed E-state index contributed by atoms with van der Waals surface area (Å²) < 4.78 is 27.2. The van der Waals surface area contributed by atoms with E-state index >= 15 is 0 Å². The fraction of sp³-hybridized carbons (Fsp3) is 0.0556. The third-order valence-electron chi connectivity index (χ3n) is 3.58. The maximum absolute atomic E-state index is 12.3. The van der Waals surface area contributed by atoms with E-state index in [2.05, 4.69) is 10.8 Å². The van der Waals surface area contributed by atoms with Crippen LogP contribution in [0.5, 0.6) is 0 Å². The van der Waals surface area contributed by atoms with Crippen molar-refractivity contribution in [2.75, 3.05) is 5.73 Å². The molecule has 0 atom stereocenters. The van der Waals surface area contributed by atoms with E-state index in [0.29, 0.717) is 10.6 Å². The molecular formula is C18H15N3O2S2. The number of nitriles is 1. The van der Waals surface area contributed by atoms with Crippen LogP contribution in [0.15, 0.2) is 65.6 Å². The summed E-state index contributed by atoms with van der Waals surface area (Å²) in [5.74, 6) is 0. The van der Waals surface area contributed by atoms with Crippen LogP contribution in [0.2, 0.25) is 0 Å². The van der Waals surface area contributed by atoms with E-state index in [-0.39, 0.29) is 11.4 Å². The van der Waals surface area contributed by atoms with Gasteiger partial charge < -0.3 is 5.73 Å². The molecule has 3 aromatic rings. The van der Waals surface area contributed by atoms with Crippen LogP contribution in [0.3, 0.4) is 0 Å². The number of hydrogen-bond acceptors (Lipinski definition) is 5. The zero-order chi connectivity index (χ0) is 17.9. The second-order valence-corrected chi connectivity index (χ2v) is 8.22. The number of thiophene rings is 1. The summed E-state index contributed by atoms with van der Waals surface area (Å²) >= 11 is 1.40. The molecule has 0 amide bonds. The summed E-state index contributed by atoms with van der Waals surface area (Å²) in [6.45, 7) is 0.178. The molecule has 0 aliphatic heterocycles. The third kappa shape index (κ3) is 4.06. The Hall–Kier alpha value is -2.66. The summed E-state index contributed by atoms with van der Waals surface area (Å²) in [6, 6.07) is 19.4. The molecule has 0 spiro atoms. The number of hydrogen-bond donors (Lipinski definition) is 2. The number of benzene rings is 2. The number of nitrogens with zero attached hydrogens (tertiary/aromatic N) is 1. The van der Waals surface area contributed by atoms with Crippen molar-refractivity contribution in [1.29, 1.82) is 5.26 Å². The molecule has 0 aliphatic rings. The highest BCUT2D eigenvalue weighted by atomic mass is 32.2. The second kappa shape index (κ2) is 7.07. The lowest BCUT2D eigenvalue weighted by Gasteiger charge is -2.08. The van der Waals surface area contributed by atoms with E-state index in [1.54, 1.807) is 18.2 Å². The average molecular weight is 369 g/mol. The predicted molar refractivity (Wildman–Crippen MR) is 99.3 cm³/mol. The zero-order valence-corrected chi connectivity index (χ0v) is 14.8. The van der Waals surface area contributed by atoms with Gasteiger partial charge in [-0.15, -0.1) is 11.3 Å². The fourth-order valence-electron chi connectivity index (χ4n) is 2.30. The molecule has 0 bridgehead atoms. The molecule has 2 aromatic carbocycles. The maximum atomic E-state index is 12.3. The standard InChI is InChI=1S/C18H15N3O2S2/c19-11-16-6-9-18(24-16)14-3-1-2-13(10-14)12-21-25(22,23)17-7-4-15(20)5-8-17/h1-10,21H,12,20H2. The molecule has 126 valence electrons. The molecule has 7 heteroatoms. The van der Waals surface area contributed by atoms with Crippen molar-refractivity contribution in [3.8, 4) is 16.5 Å². The highest BCUT2D eigenvalue weighted by Gasteiger charge is 2.13. The first kappa shape index (κ1) is 17.2. The maximum Gasteiger partial charge on any atom is 0.240 e. The molecule has 0 saturated carbocycles. The molecule has 0 radical (unpaired) electrons. The van der Waals surface area contributed by atoms with E-state index in [1.807, 2.05) is 30.3 Å². The van der Waals surface area contributed by atoms with Gasteiger partial charge in [-0.25, -0.2) is 13.1 Å². The molecule has 0 fully saturated rings. The van der Waals surface area contributed by atoms with Gasteiger partial charge in [0.2, 0.25) is 10.0 Å². The Morgan fingerprint density at radius 1 is 1.08 bits per heavy atom. The van der Waals surface area contributed by atoms with Gasteiger partial charge in [0.25, 0.3) is 0 Å². The van der Waals surface area contributed by atoms with E-state index < -0.39 is 10.0 Å². The Morgan fingerprint density at radius 3 is 2.52 bits per heavy atom. The summed E-state index contributed by atoms with van der Waals surface area (Å²) in [5, 5.41) is 8.93. The minimum Gasteiger partial charge on any atom is -0.399 e. The molecule has 1 heterocycles. The summed E-state index contributed by atoms with van der Waals surface area (Å²) in [7, 11) is -3.60. The summed E-state index contributed by atoms with van der Waals surface area (Å²) in [5.41, 5.74) is 7.89. The van der Waals surface area contributed by atoms with Crippen molar-refractivity contribution in [1.82, 2.24) is 4.72 Å². The number of rotatable bonds is 5.